The highest BCUT2D eigenvalue weighted by Gasteiger charge is 2.13. The monoisotopic (exact) mass is 279 g/mol. The Labute approximate surface area is 113 Å². The van der Waals surface area contributed by atoms with Gasteiger partial charge < -0.3 is 0 Å². The number of hydrogen-bond donors (Lipinski definition) is 2. The van der Waals surface area contributed by atoms with Crippen LogP contribution >= 0.6 is 0 Å². The summed E-state index contributed by atoms with van der Waals surface area (Å²) in [6, 6.07) is 9.12. The third-order valence-corrected chi connectivity index (χ3v) is 4.25. The van der Waals surface area contributed by atoms with E-state index in [2.05, 4.69) is 14.9 Å². The maximum absolute atomic E-state index is 12.0. The number of nitrogens with one attached hydrogen (secondary N) is 2. The first-order valence-electron chi connectivity index (χ1n) is 5.99. The Morgan fingerprint density at radius 1 is 1.21 bits per heavy atom. The van der Waals surface area contributed by atoms with Crippen molar-refractivity contribution >= 4 is 10.0 Å². The van der Waals surface area contributed by atoms with Gasteiger partial charge >= 0.3 is 0 Å². The lowest BCUT2D eigenvalue weighted by Crippen LogP contribution is -2.25. The topological polar surface area (TPSA) is 74.8 Å². The highest BCUT2D eigenvalue weighted by atomic mass is 32.2. The minimum absolute atomic E-state index is 0.0101. The molecule has 1 aromatic carbocycles. The average molecular weight is 279 g/mol. The van der Waals surface area contributed by atoms with Gasteiger partial charge in [-0.05, 0) is 19.4 Å². The van der Waals surface area contributed by atoms with Crippen molar-refractivity contribution < 1.29 is 8.42 Å². The van der Waals surface area contributed by atoms with Gasteiger partial charge in [0, 0.05) is 17.8 Å². The van der Waals surface area contributed by atoms with Crippen LogP contribution in [0.2, 0.25) is 0 Å². The average Bonchev–Trinajstić information content (AvgIpc) is 2.67. The Bertz CT molecular complexity index is 628. The smallest absolute Gasteiger partial charge is 0.216 e. The molecule has 0 amide bonds. The number of aryl methyl sites for hydroxylation is 2. The molecule has 0 unspecified atom stereocenters. The van der Waals surface area contributed by atoms with Crippen LogP contribution in [0.25, 0.3) is 0 Å². The highest BCUT2D eigenvalue weighted by Crippen LogP contribution is 2.10. The van der Waals surface area contributed by atoms with E-state index < -0.39 is 10.0 Å². The minimum Gasteiger partial charge on any atom is -0.282 e. The van der Waals surface area contributed by atoms with Gasteiger partial charge in [0.15, 0.2) is 0 Å². The van der Waals surface area contributed by atoms with Crippen molar-refractivity contribution in [2.75, 3.05) is 0 Å². The Morgan fingerprint density at radius 3 is 2.47 bits per heavy atom. The summed E-state index contributed by atoms with van der Waals surface area (Å²) in [4.78, 5) is 0. The molecule has 0 bridgehead atoms. The van der Waals surface area contributed by atoms with Gasteiger partial charge in [0.1, 0.15) is 0 Å². The minimum atomic E-state index is -3.34. The molecule has 102 valence electrons. The molecule has 0 spiro atoms. The zero-order valence-electron chi connectivity index (χ0n) is 11.0. The van der Waals surface area contributed by atoms with Gasteiger partial charge in [-0.15, -0.1) is 0 Å². The second-order valence-electron chi connectivity index (χ2n) is 4.48. The summed E-state index contributed by atoms with van der Waals surface area (Å²) < 4.78 is 26.6. The first kappa shape index (κ1) is 13.8. The fourth-order valence-corrected chi connectivity index (χ4v) is 2.96. The van der Waals surface area contributed by atoms with E-state index in [0.717, 1.165) is 22.5 Å². The van der Waals surface area contributed by atoms with Crippen LogP contribution in [0.15, 0.2) is 30.3 Å². The summed E-state index contributed by atoms with van der Waals surface area (Å²) in [5, 5.41) is 6.88. The highest BCUT2D eigenvalue weighted by molar-refractivity contribution is 7.88. The van der Waals surface area contributed by atoms with Gasteiger partial charge in [-0.3, -0.25) is 5.10 Å². The molecular formula is C13H17N3O2S. The summed E-state index contributed by atoms with van der Waals surface area (Å²) in [6.07, 6.45) is 0. The van der Waals surface area contributed by atoms with Gasteiger partial charge in [-0.25, -0.2) is 13.1 Å². The standard InChI is InChI=1S/C13H17N3O2S/c1-10-13(11(2)16-15-10)8-14-19(17,18)9-12-6-4-3-5-7-12/h3-7,14H,8-9H2,1-2H3,(H,15,16). The number of rotatable bonds is 5. The van der Waals surface area contributed by atoms with Gasteiger partial charge in [0.25, 0.3) is 0 Å². The van der Waals surface area contributed by atoms with E-state index in [0.29, 0.717) is 0 Å². The Kier molecular flexibility index (Phi) is 4.01. The largest absolute Gasteiger partial charge is 0.282 e. The fraction of sp³-hybridized carbons (Fsp3) is 0.308. The Hall–Kier alpha value is -1.66. The van der Waals surface area contributed by atoms with Crippen LogP contribution in [0.4, 0.5) is 0 Å². The van der Waals surface area contributed by atoms with Crippen LogP contribution < -0.4 is 4.72 Å². The van der Waals surface area contributed by atoms with E-state index in [1.165, 1.54) is 0 Å². The summed E-state index contributed by atoms with van der Waals surface area (Å²) in [7, 11) is -3.34. The molecule has 0 aliphatic heterocycles. The SMILES string of the molecule is Cc1n[nH]c(C)c1CNS(=O)(=O)Cc1ccccc1. The van der Waals surface area contributed by atoms with Crippen LogP contribution in [0.5, 0.6) is 0 Å². The Balaban J connectivity index is 2.03. The van der Waals surface area contributed by atoms with E-state index in [1.54, 1.807) is 12.1 Å². The molecular weight excluding hydrogens is 262 g/mol. The van der Waals surface area contributed by atoms with Gasteiger partial charge in [0.05, 0.1) is 11.4 Å². The molecule has 0 fully saturated rings. The molecule has 5 nitrogen and oxygen atoms in total. The van der Waals surface area contributed by atoms with E-state index in [9.17, 15) is 8.42 Å². The van der Waals surface area contributed by atoms with E-state index in [4.69, 9.17) is 0 Å². The zero-order chi connectivity index (χ0) is 13.9. The molecule has 0 radical (unpaired) electrons. The molecule has 0 aliphatic rings. The lowest BCUT2D eigenvalue weighted by molar-refractivity contribution is 0.580. The van der Waals surface area contributed by atoms with Gasteiger partial charge in [-0.1, -0.05) is 30.3 Å². The second kappa shape index (κ2) is 5.54. The van der Waals surface area contributed by atoms with Gasteiger partial charge in [0.2, 0.25) is 10.0 Å². The lowest BCUT2D eigenvalue weighted by atomic mass is 10.2. The maximum atomic E-state index is 12.0. The van der Waals surface area contributed by atoms with Crippen molar-refractivity contribution in [3.8, 4) is 0 Å². The number of sulfonamides is 1. The maximum Gasteiger partial charge on any atom is 0.216 e. The molecule has 2 N–H and O–H groups in total. The molecule has 19 heavy (non-hydrogen) atoms. The molecule has 1 aromatic heterocycles. The Morgan fingerprint density at radius 2 is 1.89 bits per heavy atom. The number of benzene rings is 1. The van der Waals surface area contributed by atoms with Crippen molar-refractivity contribution in [3.63, 3.8) is 0 Å². The van der Waals surface area contributed by atoms with Crippen LogP contribution in [0.1, 0.15) is 22.5 Å². The first-order chi connectivity index (χ1) is 8.98. The molecule has 0 atom stereocenters. The molecule has 2 rings (SSSR count). The van der Waals surface area contributed by atoms with Crippen molar-refractivity contribution in [2.24, 2.45) is 0 Å². The first-order valence-corrected chi connectivity index (χ1v) is 7.65. The van der Waals surface area contributed by atoms with Crippen LogP contribution in [0.3, 0.4) is 0 Å². The third-order valence-electron chi connectivity index (χ3n) is 2.95. The van der Waals surface area contributed by atoms with E-state index in [-0.39, 0.29) is 12.3 Å². The van der Waals surface area contributed by atoms with Gasteiger partial charge in [-0.2, -0.15) is 5.10 Å². The van der Waals surface area contributed by atoms with Crippen molar-refractivity contribution in [3.05, 3.63) is 52.8 Å². The quantitative estimate of drug-likeness (QED) is 0.873. The summed E-state index contributed by atoms with van der Waals surface area (Å²) in [5.41, 5.74) is 3.38. The third kappa shape index (κ3) is 3.65. The lowest BCUT2D eigenvalue weighted by Gasteiger charge is -2.07. The predicted octanol–water partition coefficient (Wildman–Crippen LogP) is 1.65. The van der Waals surface area contributed by atoms with Crippen LogP contribution in [-0.2, 0) is 22.3 Å². The van der Waals surface area contributed by atoms with Crippen LogP contribution in [-0.4, -0.2) is 18.6 Å². The van der Waals surface area contributed by atoms with E-state index >= 15 is 0 Å². The zero-order valence-corrected chi connectivity index (χ0v) is 11.8. The normalized spacial score (nSPS) is 11.7. The van der Waals surface area contributed by atoms with Crippen LogP contribution in [0, 0.1) is 13.8 Å². The predicted molar refractivity (Wildman–Crippen MR) is 74.0 cm³/mol. The van der Waals surface area contributed by atoms with Crippen molar-refractivity contribution in [2.45, 2.75) is 26.1 Å². The molecule has 0 aliphatic carbocycles. The van der Waals surface area contributed by atoms with Crippen molar-refractivity contribution in [1.29, 1.82) is 0 Å². The number of aromatic nitrogens is 2. The number of aromatic amines is 1. The van der Waals surface area contributed by atoms with E-state index in [1.807, 2.05) is 32.0 Å². The molecule has 6 heteroatoms. The number of H-pyrrole nitrogens is 1. The molecule has 2 aromatic rings. The molecule has 0 saturated heterocycles. The summed E-state index contributed by atoms with van der Waals surface area (Å²) >= 11 is 0. The summed E-state index contributed by atoms with van der Waals surface area (Å²) in [5.74, 6) is -0.0101. The molecule has 1 heterocycles. The molecule has 0 saturated carbocycles. The number of nitrogens with zero attached hydrogens (tertiary/aromatic N) is 1. The number of hydrogen-bond acceptors (Lipinski definition) is 3. The fourth-order valence-electron chi connectivity index (χ4n) is 1.86. The van der Waals surface area contributed by atoms with Crippen molar-refractivity contribution in [1.82, 2.24) is 14.9 Å². The summed E-state index contributed by atoms with van der Waals surface area (Å²) in [6.45, 7) is 3.99. The second-order valence-corrected chi connectivity index (χ2v) is 6.29.